The third-order valence-electron chi connectivity index (χ3n) is 4.32. The summed E-state index contributed by atoms with van der Waals surface area (Å²) in [7, 11) is 1.66. The van der Waals surface area contributed by atoms with Crippen LogP contribution in [-0.2, 0) is 11.2 Å². The first-order valence-electron chi connectivity index (χ1n) is 7.84. The number of nitrogens with one attached hydrogen (secondary N) is 1. The maximum atomic E-state index is 12.3. The Balaban J connectivity index is 1.51. The van der Waals surface area contributed by atoms with E-state index in [1.54, 1.807) is 7.11 Å². The average Bonchev–Trinajstić information content (AvgIpc) is 3.36. The normalized spacial score (nSPS) is 19.2. The lowest BCUT2D eigenvalue weighted by Crippen LogP contribution is -2.27. The van der Waals surface area contributed by atoms with E-state index in [0.717, 1.165) is 34.7 Å². The first kappa shape index (κ1) is 15.9. The van der Waals surface area contributed by atoms with Gasteiger partial charge in [0, 0.05) is 17.5 Å². The monoisotopic (exact) mass is 329 g/mol. The highest BCUT2D eigenvalue weighted by Crippen LogP contribution is 2.49. The quantitative estimate of drug-likeness (QED) is 0.875. The van der Waals surface area contributed by atoms with E-state index in [2.05, 4.69) is 5.32 Å². The van der Waals surface area contributed by atoms with Crippen LogP contribution in [0.15, 0.2) is 48.5 Å². The molecule has 23 heavy (non-hydrogen) atoms. The van der Waals surface area contributed by atoms with Gasteiger partial charge in [0.15, 0.2) is 0 Å². The smallest absolute Gasteiger partial charge is 0.223 e. The van der Waals surface area contributed by atoms with Crippen molar-refractivity contribution < 1.29 is 9.53 Å². The number of ether oxygens (including phenoxy) is 1. The van der Waals surface area contributed by atoms with E-state index in [-0.39, 0.29) is 17.7 Å². The molecule has 0 aromatic heterocycles. The van der Waals surface area contributed by atoms with E-state index < -0.39 is 0 Å². The number of benzene rings is 2. The van der Waals surface area contributed by atoms with Crippen molar-refractivity contribution in [2.75, 3.05) is 13.7 Å². The molecule has 120 valence electrons. The summed E-state index contributed by atoms with van der Waals surface area (Å²) in [4.78, 5) is 12.3. The standard InChI is InChI=1S/C19H20ClNO2/c1-23-18-9-5-2-6-13(18)10-11-21-19(22)16-12-15(16)14-7-3-4-8-17(14)20/h2-9,15-16H,10-12H2,1H3,(H,21,22). The minimum Gasteiger partial charge on any atom is -0.496 e. The topological polar surface area (TPSA) is 38.3 Å². The van der Waals surface area contributed by atoms with Crippen molar-refractivity contribution in [2.24, 2.45) is 5.92 Å². The Kier molecular flexibility index (Phi) is 4.87. The molecule has 0 aliphatic heterocycles. The first-order chi connectivity index (χ1) is 11.2. The highest BCUT2D eigenvalue weighted by Gasteiger charge is 2.44. The molecule has 2 unspecified atom stereocenters. The van der Waals surface area contributed by atoms with Crippen molar-refractivity contribution in [3.8, 4) is 5.75 Å². The molecule has 1 N–H and O–H groups in total. The van der Waals surface area contributed by atoms with E-state index in [0.29, 0.717) is 6.54 Å². The summed E-state index contributed by atoms with van der Waals surface area (Å²) in [6.07, 6.45) is 1.64. The number of hydrogen-bond donors (Lipinski definition) is 1. The Morgan fingerprint density at radius 1 is 1.22 bits per heavy atom. The van der Waals surface area contributed by atoms with Crippen LogP contribution in [0.3, 0.4) is 0 Å². The molecule has 0 saturated heterocycles. The summed E-state index contributed by atoms with van der Waals surface area (Å²) in [6.45, 7) is 0.616. The van der Waals surface area contributed by atoms with Crippen molar-refractivity contribution in [3.63, 3.8) is 0 Å². The first-order valence-corrected chi connectivity index (χ1v) is 8.22. The van der Waals surface area contributed by atoms with E-state index >= 15 is 0 Å². The number of carbonyl (C=O) groups excluding carboxylic acids is 1. The fourth-order valence-corrected chi connectivity index (χ4v) is 3.24. The van der Waals surface area contributed by atoms with E-state index in [4.69, 9.17) is 16.3 Å². The summed E-state index contributed by atoms with van der Waals surface area (Å²) in [5.74, 6) is 1.29. The molecular formula is C19H20ClNO2. The molecule has 2 aromatic rings. The molecule has 0 radical (unpaired) electrons. The predicted octanol–water partition coefficient (Wildman–Crippen LogP) is 3.81. The molecule has 3 rings (SSSR count). The summed E-state index contributed by atoms with van der Waals surface area (Å²) in [6, 6.07) is 15.7. The molecule has 0 heterocycles. The van der Waals surface area contributed by atoms with Gasteiger partial charge in [-0.05, 0) is 42.0 Å². The second-order valence-corrected chi connectivity index (χ2v) is 6.23. The van der Waals surface area contributed by atoms with Gasteiger partial charge in [0.25, 0.3) is 0 Å². The van der Waals surface area contributed by atoms with Crippen molar-refractivity contribution >= 4 is 17.5 Å². The summed E-state index contributed by atoms with van der Waals surface area (Å²) >= 11 is 6.20. The number of hydrogen-bond acceptors (Lipinski definition) is 2. The third-order valence-corrected chi connectivity index (χ3v) is 4.66. The molecular weight excluding hydrogens is 310 g/mol. The molecule has 1 amide bonds. The van der Waals surface area contributed by atoms with E-state index in [1.165, 1.54) is 0 Å². The second kappa shape index (κ2) is 7.05. The minimum absolute atomic E-state index is 0.0487. The average molecular weight is 330 g/mol. The Bertz CT molecular complexity index is 701. The van der Waals surface area contributed by atoms with Crippen LogP contribution in [-0.4, -0.2) is 19.6 Å². The van der Waals surface area contributed by atoms with Crippen LogP contribution in [0.25, 0.3) is 0 Å². The zero-order valence-electron chi connectivity index (χ0n) is 13.1. The van der Waals surface area contributed by atoms with Gasteiger partial charge in [0.05, 0.1) is 7.11 Å². The van der Waals surface area contributed by atoms with Crippen LogP contribution < -0.4 is 10.1 Å². The molecule has 0 spiro atoms. The predicted molar refractivity (Wildman–Crippen MR) is 92.0 cm³/mol. The van der Waals surface area contributed by atoms with Crippen molar-refractivity contribution in [2.45, 2.75) is 18.8 Å². The van der Waals surface area contributed by atoms with Gasteiger partial charge in [0.1, 0.15) is 5.75 Å². The van der Waals surface area contributed by atoms with Crippen LogP contribution in [0, 0.1) is 5.92 Å². The van der Waals surface area contributed by atoms with Crippen LogP contribution in [0.5, 0.6) is 5.75 Å². The summed E-state index contributed by atoms with van der Waals surface area (Å²) in [5.41, 5.74) is 2.19. The van der Waals surface area contributed by atoms with Crippen molar-refractivity contribution in [1.29, 1.82) is 0 Å². The largest absolute Gasteiger partial charge is 0.496 e. The lowest BCUT2D eigenvalue weighted by Gasteiger charge is -2.09. The zero-order chi connectivity index (χ0) is 16.2. The Hall–Kier alpha value is -2.00. The number of para-hydroxylation sites is 1. The van der Waals surface area contributed by atoms with Gasteiger partial charge in [-0.2, -0.15) is 0 Å². The van der Waals surface area contributed by atoms with Gasteiger partial charge < -0.3 is 10.1 Å². The number of carbonyl (C=O) groups is 1. The number of amides is 1. The fraction of sp³-hybridized carbons (Fsp3) is 0.316. The summed E-state index contributed by atoms with van der Waals surface area (Å²) < 4.78 is 5.32. The van der Waals surface area contributed by atoms with Gasteiger partial charge >= 0.3 is 0 Å². The van der Waals surface area contributed by atoms with Gasteiger partial charge in [-0.1, -0.05) is 48.0 Å². The maximum absolute atomic E-state index is 12.3. The zero-order valence-corrected chi connectivity index (χ0v) is 13.8. The maximum Gasteiger partial charge on any atom is 0.223 e. The van der Waals surface area contributed by atoms with Crippen LogP contribution >= 0.6 is 11.6 Å². The van der Waals surface area contributed by atoms with Gasteiger partial charge in [-0.15, -0.1) is 0 Å². The summed E-state index contributed by atoms with van der Waals surface area (Å²) in [5, 5.41) is 3.78. The van der Waals surface area contributed by atoms with Gasteiger partial charge in [-0.3, -0.25) is 4.79 Å². The van der Waals surface area contributed by atoms with E-state index in [1.807, 2.05) is 48.5 Å². The van der Waals surface area contributed by atoms with Crippen LogP contribution in [0.2, 0.25) is 5.02 Å². The Morgan fingerprint density at radius 2 is 1.96 bits per heavy atom. The highest BCUT2D eigenvalue weighted by atomic mass is 35.5. The third kappa shape index (κ3) is 3.67. The Morgan fingerprint density at radius 3 is 2.74 bits per heavy atom. The number of halogens is 1. The van der Waals surface area contributed by atoms with Crippen molar-refractivity contribution in [3.05, 3.63) is 64.7 Å². The minimum atomic E-state index is 0.0487. The molecule has 1 aliphatic carbocycles. The molecule has 2 atom stereocenters. The number of rotatable bonds is 6. The number of methoxy groups -OCH3 is 1. The molecule has 4 heteroatoms. The highest BCUT2D eigenvalue weighted by molar-refractivity contribution is 6.31. The lowest BCUT2D eigenvalue weighted by molar-refractivity contribution is -0.122. The SMILES string of the molecule is COc1ccccc1CCNC(=O)C1CC1c1ccccc1Cl. The van der Waals surface area contributed by atoms with Crippen LogP contribution in [0.1, 0.15) is 23.5 Å². The second-order valence-electron chi connectivity index (χ2n) is 5.82. The van der Waals surface area contributed by atoms with E-state index in [9.17, 15) is 4.79 Å². The molecule has 3 nitrogen and oxygen atoms in total. The molecule has 1 saturated carbocycles. The van der Waals surface area contributed by atoms with Gasteiger partial charge in [0.2, 0.25) is 5.91 Å². The fourth-order valence-electron chi connectivity index (χ4n) is 2.97. The lowest BCUT2D eigenvalue weighted by atomic mass is 10.1. The molecule has 2 aromatic carbocycles. The van der Waals surface area contributed by atoms with Crippen molar-refractivity contribution in [1.82, 2.24) is 5.32 Å². The van der Waals surface area contributed by atoms with Crippen LogP contribution in [0.4, 0.5) is 0 Å². The Labute approximate surface area is 141 Å². The van der Waals surface area contributed by atoms with Gasteiger partial charge in [-0.25, -0.2) is 0 Å². The molecule has 1 fully saturated rings. The molecule has 0 bridgehead atoms. The molecule has 1 aliphatic rings.